The van der Waals surface area contributed by atoms with Crippen LogP contribution in [0, 0.1) is 5.92 Å². The number of esters is 1. The molecule has 0 saturated carbocycles. The van der Waals surface area contributed by atoms with Gasteiger partial charge in [-0.3, -0.25) is 4.79 Å². The van der Waals surface area contributed by atoms with E-state index in [1.54, 1.807) is 6.08 Å². The van der Waals surface area contributed by atoms with Crippen LogP contribution in [0.5, 0.6) is 0 Å². The van der Waals surface area contributed by atoms with Gasteiger partial charge in [0.05, 0.1) is 18.1 Å². The summed E-state index contributed by atoms with van der Waals surface area (Å²) in [6.07, 6.45) is 9.31. The van der Waals surface area contributed by atoms with Crippen LogP contribution in [0.3, 0.4) is 0 Å². The molecule has 21 heavy (non-hydrogen) atoms. The van der Waals surface area contributed by atoms with Crippen molar-refractivity contribution in [3.63, 3.8) is 0 Å². The SMILES string of the molecule is CCCC=C1C=C(C(=O)O)C=CC1C(=O)OCCCCO. The molecule has 0 aromatic rings. The molecule has 0 aromatic heterocycles. The van der Waals surface area contributed by atoms with Crippen LogP contribution in [-0.4, -0.2) is 35.4 Å². The van der Waals surface area contributed by atoms with Crippen molar-refractivity contribution in [1.29, 1.82) is 0 Å². The van der Waals surface area contributed by atoms with Crippen LogP contribution in [0.15, 0.2) is 35.5 Å². The Morgan fingerprint density at radius 1 is 1.38 bits per heavy atom. The average Bonchev–Trinajstić information content (AvgIpc) is 2.48. The molecule has 5 nitrogen and oxygen atoms in total. The van der Waals surface area contributed by atoms with E-state index < -0.39 is 11.9 Å². The molecule has 0 aliphatic heterocycles. The quantitative estimate of drug-likeness (QED) is 0.530. The lowest BCUT2D eigenvalue weighted by Gasteiger charge is -2.18. The van der Waals surface area contributed by atoms with Crippen molar-refractivity contribution >= 4 is 11.9 Å². The summed E-state index contributed by atoms with van der Waals surface area (Å²) in [6, 6.07) is 0. The maximum atomic E-state index is 12.1. The smallest absolute Gasteiger partial charge is 0.335 e. The summed E-state index contributed by atoms with van der Waals surface area (Å²) in [6.45, 7) is 2.35. The molecule has 0 fully saturated rings. The van der Waals surface area contributed by atoms with Gasteiger partial charge < -0.3 is 14.9 Å². The maximum Gasteiger partial charge on any atom is 0.335 e. The number of carboxylic acids is 1. The molecule has 0 radical (unpaired) electrons. The fourth-order valence-corrected chi connectivity index (χ4v) is 1.95. The summed E-state index contributed by atoms with van der Waals surface area (Å²) in [5.74, 6) is -1.94. The molecule has 1 rings (SSSR count). The third kappa shape index (κ3) is 5.55. The van der Waals surface area contributed by atoms with Crippen LogP contribution in [0.4, 0.5) is 0 Å². The number of aliphatic carboxylic acids is 1. The molecule has 0 spiro atoms. The molecular weight excluding hydrogens is 272 g/mol. The molecule has 0 saturated heterocycles. The first kappa shape index (κ1) is 17.2. The van der Waals surface area contributed by atoms with E-state index in [1.807, 2.05) is 13.0 Å². The Morgan fingerprint density at radius 3 is 2.76 bits per heavy atom. The molecular formula is C16H22O5. The number of rotatable bonds is 8. The van der Waals surface area contributed by atoms with Crippen LogP contribution in [0.1, 0.15) is 32.6 Å². The number of carboxylic acid groups (broad SMARTS) is 1. The van der Waals surface area contributed by atoms with Gasteiger partial charge >= 0.3 is 11.9 Å². The lowest BCUT2D eigenvalue weighted by atomic mass is 9.90. The number of carbonyl (C=O) groups is 2. The molecule has 116 valence electrons. The molecule has 1 aliphatic rings. The van der Waals surface area contributed by atoms with Crippen molar-refractivity contribution in [2.24, 2.45) is 5.92 Å². The van der Waals surface area contributed by atoms with Gasteiger partial charge in [-0.1, -0.05) is 31.6 Å². The first-order chi connectivity index (χ1) is 10.1. The fraction of sp³-hybridized carbons (Fsp3) is 0.500. The zero-order valence-corrected chi connectivity index (χ0v) is 12.2. The molecule has 0 aromatic carbocycles. The predicted molar refractivity (Wildman–Crippen MR) is 78.6 cm³/mol. The summed E-state index contributed by atoms with van der Waals surface area (Å²) in [5.41, 5.74) is 0.839. The second-order valence-corrected chi connectivity index (χ2v) is 4.83. The lowest BCUT2D eigenvalue weighted by molar-refractivity contribution is -0.145. The first-order valence-corrected chi connectivity index (χ1v) is 7.20. The normalized spacial score (nSPS) is 19.4. The minimum Gasteiger partial charge on any atom is -0.478 e. The maximum absolute atomic E-state index is 12.1. The van der Waals surface area contributed by atoms with Gasteiger partial charge in [-0.05, 0) is 30.9 Å². The number of carbonyl (C=O) groups excluding carboxylic acids is 1. The summed E-state index contributed by atoms with van der Waals surface area (Å²) in [5, 5.41) is 17.7. The van der Waals surface area contributed by atoms with Gasteiger partial charge in [-0.2, -0.15) is 0 Å². The lowest BCUT2D eigenvalue weighted by Crippen LogP contribution is -2.21. The highest BCUT2D eigenvalue weighted by molar-refractivity contribution is 5.92. The standard InChI is InChI=1S/C16H22O5/c1-2-3-6-12-11-13(15(18)19)7-8-14(12)16(20)21-10-5-4-9-17/h6-8,11,14,17H,2-5,9-10H2,1H3,(H,18,19). The highest BCUT2D eigenvalue weighted by atomic mass is 16.5. The molecule has 1 unspecified atom stereocenters. The van der Waals surface area contributed by atoms with Crippen molar-refractivity contribution in [2.45, 2.75) is 32.6 Å². The topological polar surface area (TPSA) is 83.8 Å². The number of hydrogen-bond donors (Lipinski definition) is 2. The summed E-state index contributed by atoms with van der Waals surface area (Å²) >= 11 is 0. The number of allylic oxidation sites excluding steroid dienone is 2. The van der Waals surface area contributed by atoms with Gasteiger partial charge in [0, 0.05) is 6.61 Å². The van der Waals surface area contributed by atoms with Crippen LogP contribution >= 0.6 is 0 Å². The molecule has 0 amide bonds. The first-order valence-electron chi connectivity index (χ1n) is 7.20. The largest absolute Gasteiger partial charge is 0.478 e. The Kier molecular flexibility index (Phi) is 7.46. The van der Waals surface area contributed by atoms with E-state index in [1.165, 1.54) is 12.2 Å². The van der Waals surface area contributed by atoms with Gasteiger partial charge in [0.15, 0.2) is 0 Å². The predicted octanol–water partition coefficient (Wildman–Crippen LogP) is 2.23. The van der Waals surface area contributed by atoms with Gasteiger partial charge in [-0.25, -0.2) is 4.79 Å². The highest BCUT2D eigenvalue weighted by Gasteiger charge is 2.24. The van der Waals surface area contributed by atoms with E-state index in [0.717, 1.165) is 12.8 Å². The van der Waals surface area contributed by atoms with Crippen LogP contribution < -0.4 is 0 Å². The fourth-order valence-electron chi connectivity index (χ4n) is 1.95. The molecule has 5 heteroatoms. The third-order valence-corrected chi connectivity index (χ3v) is 3.12. The van der Waals surface area contributed by atoms with Gasteiger partial charge in [0.25, 0.3) is 0 Å². The molecule has 2 N–H and O–H groups in total. The van der Waals surface area contributed by atoms with E-state index in [9.17, 15) is 9.59 Å². The average molecular weight is 294 g/mol. The Hall–Kier alpha value is -1.88. The van der Waals surface area contributed by atoms with Crippen LogP contribution in [0.2, 0.25) is 0 Å². The van der Waals surface area contributed by atoms with Crippen molar-refractivity contribution in [3.8, 4) is 0 Å². The van der Waals surface area contributed by atoms with Crippen molar-refractivity contribution in [1.82, 2.24) is 0 Å². The van der Waals surface area contributed by atoms with E-state index in [2.05, 4.69) is 0 Å². The number of hydrogen-bond acceptors (Lipinski definition) is 4. The van der Waals surface area contributed by atoms with Gasteiger partial charge in [0.2, 0.25) is 0 Å². The van der Waals surface area contributed by atoms with Crippen molar-refractivity contribution < 1.29 is 24.5 Å². The Balaban J connectivity index is 2.73. The number of ether oxygens (including phenoxy) is 1. The number of aliphatic hydroxyl groups is 1. The Labute approximate surface area is 124 Å². The third-order valence-electron chi connectivity index (χ3n) is 3.12. The number of aliphatic hydroxyl groups excluding tert-OH is 1. The summed E-state index contributed by atoms with van der Waals surface area (Å²) < 4.78 is 5.17. The monoisotopic (exact) mass is 294 g/mol. The summed E-state index contributed by atoms with van der Waals surface area (Å²) in [7, 11) is 0. The van der Waals surface area contributed by atoms with Gasteiger partial charge in [-0.15, -0.1) is 0 Å². The van der Waals surface area contributed by atoms with Crippen LogP contribution in [-0.2, 0) is 14.3 Å². The molecule has 0 bridgehead atoms. The minimum absolute atomic E-state index is 0.0766. The zero-order valence-electron chi connectivity index (χ0n) is 12.2. The highest BCUT2D eigenvalue weighted by Crippen LogP contribution is 2.25. The Morgan fingerprint density at radius 2 is 2.14 bits per heavy atom. The molecule has 1 atom stereocenters. The number of unbranched alkanes of at least 4 members (excludes halogenated alkanes) is 2. The van der Waals surface area contributed by atoms with E-state index in [4.69, 9.17) is 14.9 Å². The second-order valence-electron chi connectivity index (χ2n) is 4.83. The summed E-state index contributed by atoms with van der Waals surface area (Å²) in [4.78, 5) is 23.1. The molecule has 1 aliphatic carbocycles. The van der Waals surface area contributed by atoms with Gasteiger partial charge in [0.1, 0.15) is 0 Å². The van der Waals surface area contributed by atoms with E-state index in [0.29, 0.717) is 18.4 Å². The van der Waals surface area contributed by atoms with E-state index >= 15 is 0 Å². The minimum atomic E-state index is -1.01. The Bertz CT molecular complexity index is 459. The molecule has 0 heterocycles. The van der Waals surface area contributed by atoms with E-state index in [-0.39, 0.29) is 24.8 Å². The zero-order chi connectivity index (χ0) is 15.7. The second kappa shape index (κ2) is 9.13. The van der Waals surface area contributed by atoms with Crippen molar-refractivity contribution in [2.75, 3.05) is 13.2 Å². The van der Waals surface area contributed by atoms with Crippen molar-refractivity contribution in [3.05, 3.63) is 35.5 Å². The van der Waals surface area contributed by atoms with Crippen LogP contribution in [0.25, 0.3) is 0 Å².